The van der Waals surface area contributed by atoms with Crippen LogP contribution in [-0.2, 0) is 19.1 Å². The zero-order chi connectivity index (χ0) is 35.6. The van der Waals surface area contributed by atoms with Gasteiger partial charge in [-0.3, -0.25) is 9.59 Å². The summed E-state index contributed by atoms with van der Waals surface area (Å²) in [6, 6.07) is 8.87. The van der Waals surface area contributed by atoms with Crippen LogP contribution in [-0.4, -0.2) is 49.2 Å². The number of ether oxygens (including phenoxy) is 2. The Hall–Kier alpha value is -3.87. The van der Waals surface area contributed by atoms with Gasteiger partial charge in [0.25, 0.3) is 0 Å². The summed E-state index contributed by atoms with van der Waals surface area (Å²) in [6.45, 7) is 21.8. The van der Waals surface area contributed by atoms with Crippen LogP contribution in [0.3, 0.4) is 0 Å². The van der Waals surface area contributed by atoms with E-state index < -0.39 is 10.8 Å². The highest BCUT2D eigenvalue weighted by Crippen LogP contribution is 2.51. The smallest absolute Gasteiger partial charge is 0.312 e. The molecule has 2 heterocycles. The molecule has 0 bridgehead atoms. The molecule has 0 aliphatic heterocycles. The number of methoxy groups -OCH3 is 1. The number of aromatic nitrogens is 2. The van der Waals surface area contributed by atoms with Gasteiger partial charge in [-0.25, -0.2) is 9.97 Å². The third kappa shape index (κ3) is 9.82. The summed E-state index contributed by atoms with van der Waals surface area (Å²) in [4.78, 5) is 37.6. The summed E-state index contributed by atoms with van der Waals surface area (Å²) in [6.07, 6.45) is 6.13. The molecule has 0 aromatic carbocycles. The number of nitrogens with zero attached hydrogens (tertiary/aromatic N) is 6. The van der Waals surface area contributed by atoms with Crippen molar-refractivity contribution in [1.29, 1.82) is 5.26 Å². The van der Waals surface area contributed by atoms with Crippen molar-refractivity contribution in [2.24, 2.45) is 43.7 Å². The summed E-state index contributed by atoms with van der Waals surface area (Å²) in [5.74, 6) is 0.266. The second-order valence-electron chi connectivity index (χ2n) is 14.8. The van der Waals surface area contributed by atoms with Gasteiger partial charge in [0.15, 0.2) is 0 Å². The summed E-state index contributed by atoms with van der Waals surface area (Å²) in [5.41, 5.74) is -0.407. The van der Waals surface area contributed by atoms with Crippen molar-refractivity contribution < 1.29 is 19.1 Å². The maximum Gasteiger partial charge on any atom is 0.312 e. The molecule has 0 fully saturated rings. The number of likely N-dealkylation sites (N-methyl/N-ethyl adjacent to an activating group) is 1. The first-order chi connectivity index (χ1) is 21.9. The predicted molar refractivity (Wildman–Crippen MR) is 186 cm³/mol. The van der Waals surface area contributed by atoms with Crippen molar-refractivity contribution in [2.75, 3.05) is 32.2 Å². The average Bonchev–Trinajstić information content (AvgIpc) is 3.06. The van der Waals surface area contributed by atoms with E-state index in [-0.39, 0.29) is 41.2 Å². The molecule has 10 nitrogen and oxygen atoms in total. The van der Waals surface area contributed by atoms with Gasteiger partial charge < -0.3 is 14.4 Å². The van der Waals surface area contributed by atoms with E-state index in [0.717, 1.165) is 12.8 Å². The number of carbonyl (C=O) groups is 2. The Morgan fingerprint density at radius 3 is 2.00 bits per heavy atom. The van der Waals surface area contributed by atoms with Crippen LogP contribution < -0.4 is 4.90 Å². The molecule has 0 aliphatic rings. The molecule has 2 rings (SSSR count). The number of hydrogen-bond donors (Lipinski definition) is 0. The Balaban J connectivity index is 2.15. The lowest BCUT2D eigenvalue weighted by Crippen LogP contribution is -2.47. The Morgan fingerprint density at radius 1 is 0.936 bits per heavy atom. The predicted octanol–water partition coefficient (Wildman–Crippen LogP) is 8.85. The molecule has 10 heteroatoms. The molecule has 0 N–H and O–H groups in total. The highest BCUT2D eigenvalue weighted by Gasteiger charge is 2.51. The molecule has 2 aromatic heterocycles. The molecule has 0 saturated heterocycles. The van der Waals surface area contributed by atoms with E-state index in [9.17, 15) is 9.59 Å². The Labute approximate surface area is 282 Å². The van der Waals surface area contributed by atoms with Crippen LogP contribution >= 0.6 is 0 Å². The van der Waals surface area contributed by atoms with Crippen molar-refractivity contribution in [1.82, 2.24) is 9.97 Å². The normalized spacial score (nSPS) is 16.0. The molecule has 4 unspecified atom stereocenters. The fourth-order valence-electron chi connectivity index (χ4n) is 6.08. The van der Waals surface area contributed by atoms with Crippen LogP contribution in [0, 0.1) is 44.8 Å². The minimum atomic E-state index is -0.764. The first-order valence-corrected chi connectivity index (χ1v) is 16.6. The van der Waals surface area contributed by atoms with Gasteiger partial charge in [0.1, 0.15) is 35.6 Å². The summed E-state index contributed by atoms with van der Waals surface area (Å²) in [5, 5.41) is 17.2. The molecule has 258 valence electrons. The number of carbonyl (C=O) groups excluding carboxylic acids is 2. The molecule has 47 heavy (non-hydrogen) atoms. The van der Waals surface area contributed by atoms with Crippen molar-refractivity contribution in [2.45, 2.75) is 94.9 Å². The Bertz CT molecular complexity index is 1400. The van der Waals surface area contributed by atoms with Gasteiger partial charge in [0, 0.05) is 7.05 Å². The van der Waals surface area contributed by atoms with Crippen LogP contribution in [0.15, 0.2) is 46.9 Å². The quantitative estimate of drug-likeness (QED) is 0.123. The molecule has 4 atom stereocenters. The number of anilines is 1. The summed E-state index contributed by atoms with van der Waals surface area (Å²) >= 11 is 0. The zero-order valence-corrected chi connectivity index (χ0v) is 30.7. The number of pyridine rings is 2. The van der Waals surface area contributed by atoms with E-state index in [1.165, 1.54) is 13.3 Å². The zero-order valence-electron chi connectivity index (χ0n) is 30.7. The maximum absolute atomic E-state index is 14.0. The monoisotopic (exact) mass is 648 g/mol. The number of nitriles is 1. The van der Waals surface area contributed by atoms with Crippen LogP contribution in [0.4, 0.5) is 17.2 Å². The third-order valence-corrected chi connectivity index (χ3v) is 10.8. The molecule has 0 spiro atoms. The summed E-state index contributed by atoms with van der Waals surface area (Å²) < 4.78 is 11.3. The van der Waals surface area contributed by atoms with E-state index in [4.69, 9.17) is 14.7 Å². The topological polar surface area (TPSA) is 130 Å². The SMILES string of the molecule is CCC(C)(C)CC(C)(C(=O)OCCN(C)c1ccc(N=Nc2ccc(C#N)nc2)cn1)C(C)C(C)CC(C)(C(=O)OC)C(C)(C)CC. The van der Waals surface area contributed by atoms with Gasteiger partial charge >= 0.3 is 11.9 Å². The molecule has 0 amide bonds. The van der Waals surface area contributed by atoms with E-state index in [2.05, 4.69) is 75.6 Å². The molecule has 0 aliphatic carbocycles. The lowest BCUT2D eigenvalue weighted by Gasteiger charge is -2.47. The molecule has 0 radical (unpaired) electrons. The minimum absolute atomic E-state index is 0.0471. The van der Waals surface area contributed by atoms with E-state index in [0.29, 0.717) is 42.3 Å². The van der Waals surface area contributed by atoms with Crippen molar-refractivity contribution in [3.63, 3.8) is 0 Å². The maximum atomic E-state index is 14.0. The number of esters is 2. The van der Waals surface area contributed by atoms with Crippen LogP contribution in [0.2, 0.25) is 0 Å². The van der Waals surface area contributed by atoms with Crippen molar-refractivity contribution in [3.05, 3.63) is 42.4 Å². The number of rotatable bonds is 17. The highest BCUT2D eigenvalue weighted by molar-refractivity contribution is 5.78. The van der Waals surface area contributed by atoms with Crippen LogP contribution in [0.25, 0.3) is 0 Å². The number of azo groups is 1. The lowest BCUT2D eigenvalue weighted by atomic mass is 9.57. The van der Waals surface area contributed by atoms with Gasteiger partial charge in [-0.2, -0.15) is 5.26 Å². The van der Waals surface area contributed by atoms with Crippen molar-refractivity contribution in [3.8, 4) is 6.07 Å². The fraction of sp³-hybridized carbons (Fsp3) is 0.649. The van der Waals surface area contributed by atoms with Gasteiger partial charge in [-0.05, 0) is 80.0 Å². The largest absolute Gasteiger partial charge is 0.469 e. The van der Waals surface area contributed by atoms with Crippen LogP contribution in [0.1, 0.15) is 101 Å². The van der Waals surface area contributed by atoms with Crippen molar-refractivity contribution >= 4 is 29.1 Å². The van der Waals surface area contributed by atoms with Crippen LogP contribution in [0.5, 0.6) is 0 Å². The summed E-state index contributed by atoms with van der Waals surface area (Å²) in [7, 11) is 3.35. The van der Waals surface area contributed by atoms with Gasteiger partial charge in [0.05, 0.1) is 36.9 Å². The van der Waals surface area contributed by atoms with E-state index in [1.807, 2.05) is 37.9 Å². The average molecular weight is 649 g/mol. The fourth-order valence-corrected chi connectivity index (χ4v) is 6.08. The number of hydrogen-bond acceptors (Lipinski definition) is 10. The second kappa shape index (κ2) is 16.3. The Kier molecular flexibility index (Phi) is 13.6. The first kappa shape index (κ1) is 39.3. The molecular weight excluding hydrogens is 592 g/mol. The molecular formula is C37H56N6O4. The first-order valence-electron chi connectivity index (χ1n) is 16.6. The lowest BCUT2D eigenvalue weighted by molar-refractivity contribution is -0.165. The molecule has 0 saturated carbocycles. The molecule has 2 aromatic rings. The second-order valence-corrected chi connectivity index (χ2v) is 14.8. The van der Waals surface area contributed by atoms with Gasteiger partial charge in [0.2, 0.25) is 0 Å². The minimum Gasteiger partial charge on any atom is -0.469 e. The standard InChI is InChI=1S/C37H56N6O4/c1-13-34(5,6)25-36(9,27(4)26(3)21-37(10,33(45)46-12)35(7,8)14-2)32(44)47-20-19-43(11)31-18-17-30(24-40-31)42-41-29-16-15-28(22-38)39-23-29/h15-18,23-24,26-27H,13-14,19-21,25H2,1-12H3. The van der Waals surface area contributed by atoms with Gasteiger partial charge in [-0.1, -0.05) is 61.8 Å². The van der Waals surface area contributed by atoms with E-state index in [1.54, 1.807) is 24.4 Å². The highest BCUT2D eigenvalue weighted by atomic mass is 16.5. The third-order valence-electron chi connectivity index (χ3n) is 10.8. The van der Waals surface area contributed by atoms with Gasteiger partial charge in [-0.15, -0.1) is 10.2 Å². The van der Waals surface area contributed by atoms with E-state index >= 15 is 0 Å². The Morgan fingerprint density at radius 2 is 1.53 bits per heavy atom.